The Balaban J connectivity index is 1.12. The first-order valence-corrected chi connectivity index (χ1v) is 10.8. The first-order chi connectivity index (χ1) is 14.8. The number of ether oxygens (including phenoxy) is 3. The van der Waals surface area contributed by atoms with Crippen LogP contribution in [0.2, 0.25) is 0 Å². The minimum Gasteiger partial charge on any atom is -0.497 e. The molecule has 0 spiro atoms. The van der Waals surface area contributed by atoms with Crippen LogP contribution in [0.1, 0.15) is 12.0 Å². The third kappa shape index (κ3) is 3.92. The highest BCUT2D eigenvalue weighted by Gasteiger charge is 2.19. The highest BCUT2D eigenvalue weighted by Crippen LogP contribution is 2.34. The average molecular weight is 408 g/mol. The van der Waals surface area contributed by atoms with Crippen molar-refractivity contribution >= 4 is 16.6 Å². The lowest BCUT2D eigenvalue weighted by Gasteiger charge is -2.36. The highest BCUT2D eigenvalue weighted by atomic mass is 16.6. The maximum absolute atomic E-state index is 5.74. The molecule has 0 unspecified atom stereocenters. The molecule has 2 aliphatic rings. The van der Waals surface area contributed by atoms with Crippen molar-refractivity contribution in [2.45, 2.75) is 12.8 Å². The van der Waals surface area contributed by atoms with Crippen molar-refractivity contribution in [2.75, 3.05) is 57.9 Å². The smallest absolute Gasteiger partial charge is 0.163 e. The summed E-state index contributed by atoms with van der Waals surface area (Å²) in [4.78, 5) is 8.40. The van der Waals surface area contributed by atoms with Crippen LogP contribution in [0.5, 0.6) is 17.2 Å². The van der Waals surface area contributed by atoms with Crippen LogP contribution in [0, 0.1) is 0 Å². The maximum atomic E-state index is 5.74. The number of aryl methyl sites for hydroxylation is 1. The van der Waals surface area contributed by atoms with Crippen LogP contribution < -0.4 is 19.1 Å². The molecule has 158 valence electrons. The van der Waals surface area contributed by atoms with E-state index in [9.17, 15) is 0 Å². The largest absolute Gasteiger partial charge is 0.497 e. The molecule has 3 heterocycles. The number of benzene rings is 2. The van der Waals surface area contributed by atoms with Crippen LogP contribution in [0.25, 0.3) is 10.9 Å². The van der Waals surface area contributed by atoms with E-state index in [0.29, 0.717) is 13.2 Å². The fourth-order valence-electron chi connectivity index (χ4n) is 4.45. The lowest BCUT2D eigenvalue weighted by Crippen LogP contribution is -2.46. The molecule has 1 saturated heterocycles. The summed E-state index contributed by atoms with van der Waals surface area (Å²) in [6, 6.07) is 12.6. The van der Waals surface area contributed by atoms with E-state index in [1.807, 2.05) is 12.1 Å². The van der Waals surface area contributed by atoms with Crippen molar-refractivity contribution in [3.8, 4) is 17.2 Å². The van der Waals surface area contributed by atoms with Gasteiger partial charge in [0.2, 0.25) is 0 Å². The zero-order valence-electron chi connectivity index (χ0n) is 17.5. The second kappa shape index (κ2) is 8.48. The van der Waals surface area contributed by atoms with Crippen molar-refractivity contribution in [1.82, 2.24) is 9.88 Å². The Bertz CT molecular complexity index is 1010. The molecular weight excluding hydrogens is 378 g/mol. The van der Waals surface area contributed by atoms with Gasteiger partial charge in [0, 0.05) is 61.1 Å². The first kappa shape index (κ1) is 19.1. The van der Waals surface area contributed by atoms with Crippen molar-refractivity contribution < 1.29 is 14.2 Å². The quantitative estimate of drug-likeness (QED) is 0.675. The second-order valence-corrected chi connectivity index (χ2v) is 7.99. The van der Waals surface area contributed by atoms with Crippen molar-refractivity contribution in [3.63, 3.8) is 0 Å². The zero-order valence-corrected chi connectivity index (χ0v) is 17.5. The lowest BCUT2D eigenvalue weighted by atomic mass is 10.1. The van der Waals surface area contributed by atoms with E-state index in [0.717, 1.165) is 61.9 Å². The fraction of sp³-hybridized carbons (Fsp3) is 0.417. The van der Waals surface area contributed by atoms with Crippen molar-refractivity contribution in [1.29, 1.82) is 0 Å². The number of aromatic amines is 1. The van der Waals surface area contributed by atoms with Crippen LogP contribution in [0.4, 0.5) is 5.69 Å². The van der Waals surface area contributed by atoms with Crippen LogP contribution in [0.3, 0.4) is 0 Å². The van der Waals surface area contributed by atoms with Crippen LogP contribution in [0.15, 0.2) is 42.6 Å². The molecule has 0 bridgehead atoms. The third-order valence-electron chi connectivity index (χ3n) is 6.16. The monoisotopic (exact) mass is 407 g/mol. The average Bonchev–Trinajstić information content (AvgIpc) is 3.21. The number of nitrogens with one attached hydrogen (secondary N) is 1. The Labute approximate surface area is 177 Å². The van der Waals surface area contributed by atoms with Crippen LogP contribution in [-0.4, -0.2) is 62.9 Å². The Morgan fingerprint density at radius 1 is 0.967 bits per heavy atom. The molecule has 3 aromatic rings. The molecule has 1 N–H and O–H groups in total. The van der Waals surface area contributed by atoms with Gasteiger partial charge >= 0.3 is 0 Å². The molecule has 0 aliphatic carbocycles. The minimum absolute atomic E-state index is 0.633. The molecule has 0 radical (unpaired) electrons. The molecule has 0 amide bonds. The summed E-state index contributed by atoms with van der Waals surface area (Å²) >= 11 is 0. The highest BCUT2D eigenvalue weighted by molar-refractivity contribution is 5.84. The summed E-state index contributed by atoms with van der Waals surface area (Å²) in [7, 11) is 1.71. The number of piperazine rings is 1. The number of rotatable bonds is 6. The topological polar surface area (TPSA) is 50.0 Å². The number of H-pyrrole nitrogens is 1. The van der Waals surface area contributed by atoms with Gasteiger partial charge in [-0.1, -0.05) is 0 Å². The molecule has 0 saturated carbocycles. The number of hydrogen-bond acceptors (Lipinski definition) is 5. The molecule has 6 nitrogen and oxygen atoms in total. The van der Waals surface area contributed by atoms with Crippen molar-refractivity contribution in [3.05, 3.63) is 48.2 Å². The van der Waals surface area contributed by atoms with Gasteiger partial charge in [-0.15, -0.1) is 0 Å². The van der Waals surface area contributed by atoms with Gasteiger partial charge in [-0.2, -0.15) is 0 Å². The van der Waals surface area contributed by atoms with Gasteiger partial charge in [-0.3, -0.25) is 4.90 Å². The Morgan fingerprint density at radius 2 is 1.80 bits per heavy atom. The maximum Gasteiger partial charge on any atom is 0.163 e. The van der Waals surface area contributed by atoms with Gasteiger partial charge in [-0.25, -0.2) is 0 Å². The Hall–Kier alpha value is -2.86. The van der Waals surface area contributed by atoms with Crippen LogP contribution >= 0.6 is 0 Å². The molecule has 0 atom stereocenters. The predicted octanol–water partition coefficient (Wildman–Crippen LogP) is 3.70. The van der Waals surface area contributed by atoms with E-state index in [-0.39, 0.29) is 0 Å². The number of fused-ring (bicyclic) bond motifs is 2. The van der Waals surface area contributed by atoms with Gasteiger partial charge < -0.3 is 24.1 Å². The summed E-state index contributed by atoms with van der Waals surface area (Å²) in [6.07, 6.45) is 4.40. The molecular formula is C24H29N3O3. The zero-order chi connectivity index (χ0) is 20.3. The van der Waals surface area contributed by atoms with Gasteiger partial charge in [0.1, 0.15) is 19.0 Å². The summed E-state index contributed by atoms with van der Waals surface area (Å²) in [5.41, 5.74) is 3.77. The molecule has 1 aromatic heterocycles. The van der Waals surface area contributed by atoms with Crippen molar-refractivity contribution in [2.24, 2.45) is 0 Å². The Morgan fingerprint density at radius 3 is 2.63 bits per heavy atom. The Kier molecular flexibility index (Phi) is 5.41. The van der Waals surface area contributed by atoms with E-state index in [1.54, 1.807) is 7.11 Å². The van der Waals surface area contributed by atoms with E-state index in [2.05, 4.69) is 45.2 Å². The molecule has 30 heavy (non-hydrogen) atoms. The summed E-state index contributed by atoms with van der Waals surface area (Å²) in [5.74, 6) is 2.63. The van der Waals surface area contributed by atoms with E-state index < -0.39 is 0 Å². The van der Waals surface area contributed by atoms with E-state index >= 15 is 0 Å². The third-order valence-corrected chi connectivity index (χ3v) is 6.16. The van der Waals surface area contributed by atoms with Gasteiger partial charge in [0.05, 0.1) is 7.11 Å². The number of nitrogens with zero attached hydrogens (tertiary/aromatic N) is 2. The summed E-state index contributed by atoms with van der Waals surface area (Å²) in [5, 5.41) is 1.30. The van der Waals surface area contributed by atoms with Crippen LogP contribution in [-0.2, 0) is 6.42 Å². The SMILES string of the molecule is COc1ccc2c(CCCN3CCN(c4ccc5c(c4)OCCO5)CC3)c[nH]c2c1. The lowest BCUT2D eigenvalue weighted by molar-refractivity contribution is 0.171. The molecule has 5 rings (SSSR count). The molecule has 1 fully saturated rings. The predicted molar refractivity (Wildman–Crippen MR) is 119 cm³/mol. The summed E-state index contributed by atoms with van der Waals surface area (Å²) in [6.45, 7) is 6.70. The number of hydrogen-bond donors (Lipinski definition) is 1. The first-order valence-electron chi connectivity index (χ1n) is 10.8. The summed E-state index contributed by atoms with van der Waals surface area (Å²) < 4.78 is 16.7. The van der Waals surface area contributed by atoms with Gasteiger partial charge in [0.25, 0.3) is 0 Å². The van der Waals surface area contributed by atoms with E-state index in [4.69, 9.17) is 14.2 Å². The van der Waals surface area contributed by atoms with E-state index in [1.165, 1.54) is 23.1 Å². The second-order valence-electron chi connectivity index (χ2n) is 7.99. The number of anilines is 1. The standard InChI is InChI=1S/C24H29N3O3/c1-28-20-5-6-21-18(17-25-22(21)16-20)3-2-8-26-9-11-27(12-10-26)19-4-7-23-24(15-19)30-14-13-29-23/h4-7,15-17,25H,2-3,8-14H2,1H3. The number of methoxy groups -OCH3 is 1. The fourth-order valence-corrected chi connectivity index (χ4v) is 4.45. The van der Waals surface area contributed by atoms with Gasteiger partial charge in [-0.05, 0) is 49.2 Å². The molecule has 2 aromatic carbocycles. The minimum atomic E-state index is 0.633. The normalized spacial score (nSPS) is 16.8. The van der Waals surface area contributed by atoms with Gasteiger partial charge in [0.15, 0.2) is 11.5 Å². The molecule has 2 aliphatic heterocycles. The number of aromatic nitrogens is 1. The molecule has 6 heteroatoms.